The summed E-state index contributed by atoms with van der Waals surface area (Å²) in [6.07, 6.45) is 0.780. The van der Waals surface area contributed by atoms with Crippen LogP contribution in [-0.4, -0.2) is 37.6 Å². The highest BCUT2D eigenvalue weighted by atomic mass is 35.5. The maximum absolute atomic E-state index is 12.7. The maximum atomic E-state index is 12.7. The summed E-state index contributed by atoms with van der Waals surface area (Å²) in [5.74, 6) is 0.0621. The second-order valence-electron chi connectivity index (χ2n) is 5.35. The average Bonchev–Trinajstić information content (AvgIpc) is 2.81. The molecule has 21 heavy (non-hydrogen) atoms. The van der Waals surface area contributed by atoms with Crippen LogP contribution in [0.15, 0.2) is 29.2 Å². The fourth-order valence-corrected chi connectivity index (χ4v) is 4.39. The molecule has 0 radical (unpaired) electrons. The first-order valence-corrected chi connectivity index (χ1v) is 8.13. The van der Waals surface area contributed by atoms with Gasteiger partial charge in [0.25, 0.3) is 0 Å². The number of carbonyl (C=O) groups excluding carboxylic acids is 1. The van der Waals surface area contributed by atoms with Gasteiger partial charge in [-0.3, -0.25) is 4.79 Å². The van der Waals surface area contributed by atoms with E-state index in [0.29, 0.717) is 18.7 Å². The van der Waals surface area contributed by atoms with Crippen LogP contribution >= 0.6 is 12.4 Å². The summed E-state index contributed by atoms with van der Waals surface area (Å²) in [6, 6.07) is 6.14. The Hall–Kier alpha value is -0.950. The molecule has 0 bridgehead atoms. The first-order valence-electron chi connectivity index (χ1n) is 6.69. The summed E-state index contributed by atoms with van der Waals surface area (Å²) in [4.78, 5) is 11.6. The van der Waals surface area contributed by atoms with Crippen molar-refractivity contribution in [3.05, 3.63) is 29.8 Å². The van der Waals surface area contributed by atoms with E-state index in [0.717, 1.165) is 6.42 Å². The van der Waals surface area contributed by atoms with E-state index in [-0.39, 0.29) is 35.0 Å². The highest BCUT2D eigenvalue weighted by Gasteiger charge is 2.37. The fourth-order valence-electron chi connectivity index (χ4n) is 2.63. The molecule has 2 atom stereocenters. The number of hydrogen-bond acceptors (Lipinski definition) is 4. The first-order chi connectivity index (χ1) is 9.36. The van der Waals surface area contributed by atoms with Gasteiger partial charge in [0.1, 0.15) is 0 Å². The quantitative estimate of drug-likeness (QED) is 0.850. The van der Waals surface area contributed by atoms with Crippen molar-refractivity contribution in [1.29, 1.82) is 0 Å². The molecule has 118 valence electrons. The van der Waals surface area contributed by atoms with Crippen molar-refractivity contribution in [3.63, 3.8) is 0 Å². The molecule has 1 aromatic rings. The molecule has 1 aliphatic heterocycles. The summed E-state index contributed by atoms with van der Waals surface area (Å²) in [6.45, 7) is 4.25. The van der Waals surface area contributed by atoms with E-state index < -0.39 is 10.0 Å². The Morgan fingerprint density at radius 1 is 1.43 bits per heavy atom. The Balaban J connectivity index is 0.00000220. The zero-order chi connectivity index (χ0) is 14.9. The van der Waals surface area contributed by atoms with Crippen LogP contribution in [0.3, 0.4) is 0 Å². The number of halogens is 1. The lowest BCUT2D eigenvalue weighted by Crippen LogP contribution is -2.34. The molecule has 0 spiro atoms. The second-order valence-corrected chi connectivity index (χ2v) is 7.24. The van der Waals surface area contributed by atoms with Crippen LogP contribution in [0.1, 0.15) is 30.6 Å². The molecular formula is C14H21ClN2O3S. The van der Waals surface area contributed by atoms with Gasteiger partial charge in [-0.15, -0.1) is 12.4 Å². The number of Topliss-reactive ketones (excluding diaryl/α,β-unsaturated/α-hetero) is 1. The van der Waals surface area contributed by atoms with E-state index in [2.05, 4.69) is 0 Å². The Morgan fingerprint density at radius 3 is 2.62 bits per heavy atom. The summed E-state index contributed by atoms with van der Waals surface area (Å²) >= 11 is 0. The molecule has 1 saturated heterocycles. The van der Waals surface area contributed by atoms with Crippen LogP contribution in [0.5, 0.6) is 0 Å². The number of nitrogens with two attached hydrogens (primary N) is 1. The van der Waals surface area contributed by atoms with Gasteiger partial charge in [0.2, 0.25) is 10.0 Å². The number of benzene rings is 1. The van der Waals surface area contributed by atoms with Crippen molar-refractivity contribution in [2.75, 3.05) is 13.1 Å². The van der Waals surface area contributed by atoms with E-state index in [9.17, 15) is 13.2 Å². The number of carbonyl (C=O) groups is 1. The van der Waals surface area contributed by atoms with Gasteiger partial charge >= 0.3 is 0 Å². The molecule has 1 heterocycles. The summed E-state index contributed by atoms with van der Waals surface area (Å²) in [5, 5.41) is 0. The van der Waals surface area contributed by atoms with Crippen LogP contribution in [0, 0.1) is 5.92 Å². The van der Waals surface area contributed by atoms with Gasteiger partial charge in [-0.1, -0.05) is 12.1 Å². The lowest BCUT2D eigenvalue weighted by molar-refractivity contribution is 0.101. The van der Waals surface area contributed by atoms with Crippen molar-refractivity contribution in [1.82, 2.24) is 4.31 Å². The van der Waals surface area contributed by atoms with Crippen molar-refractivity contribution >= 4 is 28.2 Å². The van der Waals surface area contributed by atoms with Crippen LogP contribution in [0.4, 0.5) is 0 Å². The van der Waals surface area contributed by atoms with Gasteiger partial charge < -0.3 is 5.73 Å². The minimum absolute atomic E-state index is 0. The third kappa shape index (κ3) is 3.63. The predicted molar refractivity (Wildman–Crippen MR) is 84.2 cm³/mol. The van der Waals surface area contributed by atoms with E-state index in [1.807, 2.05) is 6.92 Å². The molecule has 2 rings (SSSR count). The summed E-state index contributed by atoms with van der Waals surface area (Å²) < 4.78 is 26.8. The van der Waals surface area contributed by atoms with Crippen LogP contribution in [-0.2, 0) is 10.0 Å². The van der Waals surface area contributed by atoms with Gasteiger partial charge in [-0.2, -0.15) is 4.31 Å². The van der Waals surface area contributed by atoms with Gasteiger partial charge in [-0.25, -0.2) is 8.42 Å². The SMILES string of the molecule is CC(=O)c1cccc(S(=O)(=O)N2CC(CN)CC2C)c1.Cl. The number of sulfonamides is 1. The highest BCUT2D eigenvalue weighted by Crippen LogP contribution is 2.29. The van der Waals surface area contributed by atoms with E-state index in [1.54, 1.807) is 12.1 Å². The fraction of sp³-hybridized carbons (Fsp3) is 0.500. The Morgan fingerprint density at radius 2 is 2.10 bits per heavy atom. The zero-order valence-electron chi connectivity index (χ0n) is 12.2. The van der Waals surface area contributed by atoms with Crippen molar-refractivity contribution < 1.29 is 13.2 Å². The Bertz CT molecular complexity index is 618. The monoisotopic (exact) mass is 332 g/mol. The molecule has 0 aliphatic carbocycles. The number of hydrogen-bond donors (Lipinski definition) is 1. The number of ketones is 1. The maximum Gasteiger partial charge on any atom is 0.243 e. The molecular weight excluding hydrogens is 312 g/mol. The Kier molecular flexibility index (Phi) is 5.92. The summed E-state index contributed by atoms with van der Waals surface area (Å²) in [5.41, 5.74) is 6.05. The topological polar surface area (TPSA) is 80.5 Å². The van der Waals surface area contributed by atoms with Crippen molar-refractivity contribution in [2.45, 2.75) is 31.2 Å². The van der Waals surface area contributed by atoms with E-state index in [1.165, 1.54) is 23.4 Å². The van der Waals surface area contributed by atoms with Gasteiger partial charge in [0, 0.05) is 18.2 Å². The second kappa shape index (κ2) is 6.87. The number of rotatable bonds is 4. The standard InChI is InChI=1S/C14H20N2O3S.ClH/c1-10-6-12(8-15)9-16(10)20(18,19)14-5-3-4-13(7-14)11(2)17;/h3-5,7,10,12H,6,8-9,15H2,1-2H3;1H. The van der Waals surface area contributed by atoms with Crippen molar-refractivity contribution in [3.8, 4) is 0 Å². The molecule has 1 fully saturated rings. The van der Waals surface area contributed by atoms with Gasteiger partial charge in [-0.05, 0) is 44.9 Å². The summed E-state index contributed by atoms with van der Waals surface area (Å²) in [7, 11) is -3.56. The normalized spacial score (nSPS) is 22.8. The predicted octanol–water partition coefficient (Wildman–Crippen LogP) is 1.67. The molecule has 0 saturated carbocycles. The molecule has 1 aromatic carbocycles. The smallest absolute Gasteiger partial charge is 0.243 e. The van der Waals surface area contributed by atoms with Crippen LogP contribution in [0.25, 0.3) is 0 Å². The molecule has 0 amide bonds. The van der Waals surface area contributed by atoms with Crippen LogP contribution < -0.4 is 5.73 Å². The first kappa shape index (κ1) is 18.1. The minimum atomic E-state index is -3.56. The molecule has 2 N–H and O–H groups in total. The molecule has 0 aromatic heterocycles. The molecule has 5 nitrogen and oxygen atoms in total. The molecule has 1 aliphatic rings. The molecule has 7 heteroatoms. The third-order valence-corrected chi connectivity index (χ3v) is 5.76. The van der Waals surface area contributed by atoms with Crippen LogP contribution in [0.2, 0.25) is 0 Å². The van der Waals surface area contributed by atoms with Gasteiger partial charge in [0.15, 0.2) is 5.78 Å². The van der Waals surface area contributed by atoms with Gasteiger partial charge in [0.05, 0.1) is 4.90 Å². The van der Waals surface area contributed by atoms with Crippen molar-refractivity contribution in [2.24, 2.45) is 11.7 Å². The number of nitrogens with zero attached hydrogens (tertiary/aromatic N) is 1. The molecule has 2 unspecified atom stereocenters. The zero-order valence-corrected chi connectivity index (χ0v) is 13.8. The third-order valence-electron chi connectivity index (χ3n) is 3.78. The largest absolute Gasteiger partial charge is 0.330 e. The minimum Gasteiger partial charge on any atom is -0.330 e. The van der Waals surface area contributed by atoms with E-state index >= 15 is 0 Å². The average molecular weight is 333 g/mol. The highest BCUT2D eigenvalue weighted by molar-refractivity contribution is 7.89. The van der Waals surface area contributed by atoms with E-state index in [4.69, 9.17) is 5.73 Å². The lowest BCUT2D eigenvalue weighted by Gasteiger charge is -2.21. The lowest BCUT2D eigenvalue weighted by atomic mass is 10.1. The Labute approximate surface area is 132 Å².